The molecule has 0 aliphatic carbocycles. The van der Waals surface area contributed by atoms with Crippen LogP contribution in [0.5, 0.6) is 0 Å². The summed E-state index contributed by atoms with van der Waals surface area (Å²) >= 11 is 0. The van der Waals surface area contributed by atoms with Gasteiger partial charge in [0.05, 0.1) is 6.04 Å². The van der Waals surface area contributed by atoms with Crippen molar-refractivity contribution in [1.82, 2.24) is 9.80 Å². The van der Waals surface area contributed by atoms with E-state index >= 15 is 0 Å². The van der Waals surface area contributed by atoms with Gasteiger partial charge in [0.15, 0.2) is 0 Å². The number of benzene rings is 1. The van der Waals surface area contributed by atoms with Gasteiger partial charge in [-0.1, -0.05) is 12.5 Å². The van der Waals surface area contributed by atoms with E-state index in [0.717, 1.165) is 19.6 Å². The van der Waals surface area contributed by atoms with Gasteiger partial charge in [-0.3, -0.25) is 14.6 Å². The number of carbonyl (C=O) groups is 1. The van der Waals surface area contributed by atoms with Crippen LogP contribution in [-0.4, -0.2) is 60.5 Å². The zero-order valence-electron chi connectivity index (χ0n) is 14.9. The van der Waals surface area contributed by atoms with Gasteiger partial charge in [0.25, 0.3) is 0 Å². The maximum absolute atomic E-state index is 14.1. The van der Waals surface area contributed by atoms with E-state index < -0.39 is 11.6 Å². The molecule has 0 N–H and O–H groups in total. The number of rotatable bonds is 2. The molecule has 1 aromatic carbocycles. The first-order valence-electron chi connectivity index (χ1n) is 9.87. The van der Waals surface area contributed by atoms with E-state index in [-0.39, 0.29) is 17.6 Å². The highest BCUT2D eigenvalue weighted by molar-refractivity contribution is 5.99. The number of para-hydroxylation sites is 1. The molecule has 4 heterocycles. The van der Waals surface area contributed by atoms with Gasteiger partial charge in [0.2, 0.25) is 5.91 Å². The molecule has 4 atom stereocenters. The molecule has 5 rings (SSSR count). The van der Waals surface area contributed by atoms with Gasteiger partial charge in [-0.2, -0.15) is 0 Å². The van der Waals surface area contributed by atoms with Gasteiger partial charge in [-0.05, 0) is 49.8 Å². The van der Waals surface area contributed by atoms with Crippen molar-refractivity contribution in [1.29, 1.82) is 0 Å². The Morgan fingerprint density at radius 1 is 0.923 bits per heavy atom. The summed E-state index contributed by atoms with van der Waals surface area (Å²) in [6, 6.07) is 4.23. The minimum absolute atomic E-state index is 0.144. The van der Waals surface area contributed by atoms with Crippen LogP contribution in [0.15, 0.2) is 18.2 Å². The Hall–Kier alpha value is -1.53. The van der Waals surface area contributed by atoms with Gasteiger partial charge >= 0.3 is 0 Å². The van der Waals surface area contributed by atoms with E-state index in [1.807, 2.05) is 0 Å². The summed E-state index contributed by atoms with van der Waals surface area (Å²) in [5.74, 6) is -0.160. The Labute approximate surface area is 152 Å². The van der Waals surface area contributed by atoms with E-state index in [9.17, 15) is 13.6 Å². The molecule has 6 heteroatoms. The van der Waals surface area contributed by atoms with Gasteiger partial charge in [0.1, 0.15) is 17.3 Å². The van der Waals surface area contributed by atoms with Crippen molar-refractivity contribution in [3.63, 3.8) is 0 Å². The second-order valence-electron chi connectivity index (χ2n) is 8.30. The van der Waals surface area contributed by atoms with E-state index in [2.05, 4.69) is 9.80 Å². The lowest BCUT2D eigenvalue weighted by Crippen LogP contribution is -2.44. The first-order valence-corrected chi connectivity index (χ1v) is 9.87. The van der Waals surface area contributed by atoms with Crippen molar-refractivity contribution in [3.05, 3.63) is 29.8 Å². The number of piperidine rings is 1. The fourth-order valence-corrected chi connectivity index (χ4v) is 5.82. The smallest absolute Gasteiger partial charge is 0.244 e. The summed E-state index contributed by atoms with van der Waals surface area (Å²) in [7, 11) is 0. The number of hydrogen-bond donors (Lipinski definition) is 0. The molecule has 1 aromatic rings. The lowest BCUT2D eigenvalue weighted by atomic mass is 9.90. The minimum Gasteiger partial charge on any atom is -0.306 e. The standard InChI is InChI=1S/C20H25F2N3O/c21-15-4-3-5-16(22)19(15)25-9-7-18(20(25)26)24-11-13-10-23-8-2-1-6-17(23)14(13)12-24/h3-5,13-14,17-18H,1-2,6-12H2/t13-,14-,17-,18+/m0/s1. The van der Waals surface area contributed by atoms with Crippen LogP contribution in [-0.2, 0) is 4.79 Å². The number of nitrogens with zero attached hydrogens (tertiary/aromatic N) is 3. The van der Waals surface area contributed by atoms with Crippen molar-refractivity contribution >= 4 is 11.6 Å². The normalized spacial score (nSPS) is 35.2. The summed E-state index contributed by atoms with van der Waals surface area (Å²) in [4.78, 5) is 19.2. The molecule has 140 valence electrons. The number of fused-ring (bicyclic) bond motifs is 3. The quantitative estimate of drug-likeness (QED) is 0.810. The Bertz CT molecular complexity index is 707. The number of carbonyl (C=O) groups excluding carboxylic acids is 1. The molecule has 0 bridgehead atoms. The number of likely N-dealkylation sites (tertiary alicyclic amines) is 1. The van der Waals surface area contributed by atoms with Crippen LogP contribution in [0, 0.1) is 23.5 Å². The molecular formula is C20H25F2N3O. The maximum Gasteiger partial charge on any atom is 0.244 e. The molecule has 4 fully saturated rings. The zero-order chi connectivity index (χ0) is 17.8. The molecule has 1 amide bonds. The summed E-state index contributed by atoms with van der Waals surface area (Å²) in [6.45, 7) is 4.67. The molecule has 4 aliphatic rings. The second-order valence-corrected chi connectivity index (χ2v) is 8.30. The Morgan fingerprint density at radius 2 is 1.69 bits per heavy atom. The van der Waals surface area contributed by atoms with E-state index in [1.165, 1.54) is 48.9 Å². The molecule has 0 radical (unpaired) electrons. The largest absolute Gasteiger partial charge is 0.306 e. The third-order valence-corrected chi connectivity index (χ3v) is 6.97. The third-order valence-electron chi connectivity index (χ3n) is 6.97. The van der Waals surface area contributed by atoms with Crippen molar-refractivity contribution in [2.24, 2.45) is 11.8 Å². The Kier molecular flexibility index (Phi) is 4.01. The predicted molar refractivity (Wildman–Crippen MR) is 94.9 cm³/mol. The van der Waals surface area contributed by atoms with Crippen molar-refractivity contribution < 1.29 is 13.6 Å². The average molecular weight is 361 g/mol. The van der Waals surface area contributed by atoms with Crippen LogP contribution < -0.4 is 4.90 Å². The second kappa shape index (κ2) is 6.27. The van der Waals surface area contributed by atoms with Gasteiger partial charge in [-0.15, -0.1) is 0 Å². The topological polar surface area (TPSA) is 26.8 Å². The van der Waals surface area contributed by atoms with Gasteiger partial charge in [0, 0.05) is 32.2 Å². The lowest BCUT2D eigenvalue weighted by Gasteiger charge is -2.34. The van der Waals surface area contributed by atoms with Gasteiger partial charge in [-0.25, -0.2) is 8.78 Å². The fourth-order valence-electron chi connectivity index (χ4n) is 5.82. The van der Waals surface area contributed by atoms with Crippen molar-refractivity contribution in [2.75, 3.05) is 37.6 Å². The fraction of sp³-hybridized carbons (Fsp3) is 0.650. The summed E-state index contributed by atoms with van der Waals surface area (Å²) in [6.07, 6.45) is 4.55. The van der Waals surface area contributed by atoms with E-state index in [0.29, 0.717) is 30.8 Å². The molecule has 0 unspecified atom stereocenters. The first kappa shape index (κ1) is 16.6. The predicted octanol–water partition coefficient (Wildman–Crippen LogP) is 2.49. The van der Waals surface area contributed by atoms with Crippen LogP contribution in [0.2, 0.25) is 0 Å². The molecular weight excluding hydrogens is 336 g/mol. The van der Waals surface area contributed by atoms with Crippen LogP contribution >= 0.6 is 0 Å². The lowest BCUT2D eigenvalue weighted by molar-refractivity contribution is -0.121. The van der Waals surface area contributed by atoms with Crippen LogP contribution in [0.25, 0.3) is 0 Å². The minimum atomic E-state index is -0.657. The zero-order valence-corrected chi connectivity index (χ0v) is 14.9. The molecule has 4 saturated heterocycles. The summed E-state index contributed by atoms with van der Waals surface area (Å²) in [5.41, 5.74) is -0.183. The van der Waals surface area contributed by atoms with Crippen LogP contribution in [0.4, 0.5) is 14.5 Å². The van der Waals surface area contributed by atoms with Crippen LogP contribution in [0.1, 0.15) is 25.7 Å². The number of anilines is 1. The molecule has 4 nitrogen and oxygen atoms in total. The Morgan fingerprint density at radius 3 is 2.50 bits per heavy atom. The number of halogens is 2. The first-order chi connectivity index (χ1) is 12.6. The molecule has 0 saturated carbocycles. The summed E-state index contributed by atoms with van der Waals surface area (Å²) < 4.78 is 28.2. The number of amides is 1. The van der Waals surface area contributed by atoms with E-state index in [4.69, 9.17) is 0 Å². The van der Waals surface area contributed by atoms with Crippen molar-refractivity contribution in [3.8, 4) is 0 Å². The maximum atomic E-state index is 14.1. The van der Waals surface area contributed by atoms with Crippen LogP contribution in [0.3, 0.4) is 0 Å². The third kappa shape index (κ3) is 2.49. The average Bonchev–Trinajstić information content (AvgIpc) is 3.28. The number of hydrogen-bond acceptors (Lipinski definition) is 3. The highest BCUT2D eigenvalue weighted by Crippen LogP contribution is 2.42. The highest BCUT2D eigenvalue weighted by Gasteiger charge is 2.50. The Balaban J connectivity index is 1.31. The molecule has 0 aromatic heterocycles. The SMILES string of the molecule is O=C1[C@H](N2C[C@@H]3CN4CCCC[C@H]4[C@H]3C2)CCN1c1c(F)cccc1F. The monoisotopic (exact) mass is 361 g/mol. The van der Waals surface area contributed by atoms with Crippen molar-refractivity contribution in [2.45, 2.75) is 37.8 Å². The molecule has 0 spiro atoms. The van der Waals surface area contributed by atoms with E-state index in [1.54, 1.807) is 0 Å². The summed E-state index contributed by atoms with van der Waals surface area (Å²) in [5, 5.41) is 0. The van der Waals surface area contributed by atoms with Gasteiger partial charge < -0.3 is 4.90 Å². The molecule has 26 heavy (non-hydrogen) atoms. The molecule has 4 aliphatic heterocycles. The highest BCUT2D eigenvalue weighted by atomic mass is 19.1.